The van der Waals surface area contributed by atoms with Gasteiger partial charge in [-0.3, -0.25) is 0 Å². The van der Waals surface area contributed by atoms with Gasteiger partial charge in [-0.1, -0.05) is 5.16 Å². The molecule has 0 aliphatic carbocycles. The van der Waals surface area contributed by atoms with Gasteiger partial charge in [0.15, 0.2) is 5.76 Å². The van der Waals surface area contributed by atoms with Crippen molar-refractivity contribution < 1.29 is 18.4 Å². The summed E-state index contributed by atoms with van der Waals surface area (Å²) in [5.41, 5.74) is 5.35. The lowest BCUT2D eigenvalue weighted by molar-refractivity contribution is 0.0464. The maximum atomic E-state index is 13.1. The van der Waals surface area contributed by atoms with Crippen LogP contribution in [-0.4, -0.2) is 21.1 Å². The van der Waals surface area contributed by atoms with E-state index in [4.69, 9.17) is 9.26 Å². The van der Waals surface area contributed by atoms with Crippen LogP contribution < -0.4 is 0 Å². The molecule has 29 heavy (non-hydrogen) atoms. The van der Waals surface area contributed by atoms with Crippen LogP contribution in [-0.2, 0) is 11.3 Å². The molecule has 0 aliphatic rings. The highest BCUT2D eigenvalue weighted by atomic mass is 19.1. The normalized spacial score (nSPS) is 11.0. The number of ether oxygens (including phenoxy) is 1. The van der Waals surface area contributed by atoms with E-state index >= 15 is 0 Å². The number of nitrogens with zero attached hydrogens (tertiary/aromatic N) is 3. The second-order valence-corrected chi connectivity index (χ2v) is 6.76. The average Bonchev–Trinajstić information content (AvgIpc) is 3.07. The fraction of sp³-hybridized carbons (Fsp3) is 0.182. The summed E-state index contributed by atoms with van der Waals surface area (Å²) >= 11 is 0. The van der Waals surface area contributed by atoms with Gasteiger partial charge in [0.05, 0.1) is 28.0 Å². The molecule has 0 saturated carbocycles. The number of hydrogen-bond donors (Lipinski definition) is 0. The molecule has 4 rings (SSSR count). The topological polar surface area (TPSA) is 78.1 Å². The minimum atomic E-state index is -0.488. The summed E-state index contributed by atoms with van der Waals surface area (Å²) in [5, 5.41) is 3.98. The van der Waals surface area contributed by atoms with Gasteiger partial charge in [0.25, 0.3) is 0 Å². The molecule has 2 aromatic heterocycles. The van der Waals surface area contributed by atoms with Crippen LogP contribution in [0.15, 0.2) is 47.0 Å². The molecular formula is C22H18FN3O3. The zero-order valence-corrected chi connectivity index (χ0v) is 16.2. The number of hydrogen-bond acceptors (Lipinski definition) is 6. The van der Waals surface area contributed by atoms with Crippen LogP contribution in [0.1, 0.15) is 33.0 Å². The quantitative estimate of drug-likeness (QED) is 0.469. The van der Waals surface area contributed by atoms with E-state index < -0.39 is 5.97 Å². The van der Waals surface area contributed by atoms with Crippen molar-refractivity contribution in [2.24, 2.45) is 0 Å². The molecule has 4 aromatic rings. The third-order valence-corrected chi connectivity index (χ3v) is 4.78. The third-order valence-electron chi connectivity index (χ3n) is 4.78. The van der Waals surface area contributed by atoms with Gasteiger partial charge in [-0.2, -0.15) is 0 Å². The zero-order chi connectivity index (χ0) is 20.5. The second kappa shape index (κ2) is 7.43. The van der Waals surface area contributed by atoms with Gasteiger partial charge in [-0.15, -0.1) is 0 Å². The van der Waals surface area contributed by atoms with Crippen LogP contribution in [0, 0.1) is 26.6 Å². The van der Waals surface area contributed by atoms with E-state index in [0.717, 1.165) is 22.5 Å². The highest BCUT2D eigenvalue weighted by Crippen LogP contribution is 2.26. The molecule has 0 N–H and O–H groups in total. The van der Waals surface area contributed by atoms with Crippen molar-refractivity contribution in [2.45, 2.75) is 27.4 Å². The van der Waals surface area contributed by atoms with Crippen molar-refractivity contribution >= 4 is 17.0 Å². The van der Waals surface area contributed by atoms with Crippen LogP contribution >= 0.6 is 0 Å². The standard InChI is InChI=1S/C22H18FN3O3/c1-12-20(26-29-21(12)15-4-7-17(23)8-5-15)11-28-22(27)16-6-9-18-19(10-16)25-14(3)13(2)24-18/h4-10H,11H2,1-3H3. The van der Waals surface area contributed by atoms with Crippen LogP contribution in [0.2, 0.25) is 0 Å². The summed E-state index contributed by atoms with van der Waals surface area (Å²) in [6.07, 6.45) is 0. The molecular weight excluding hydrogens is 373 g/mol. The van der Waals surface area contributed by atoms with Crippen molar-refractivity contribution in [1.29, 1.82) is 0 Å². The monoisotopic (exact) mass is 391 g/mol. The molecule has 0 atom stereocenters. The first-order valence-corrected chi connectivity index (χ1v) is 9.05. The number of halogens is 1. The Bertz CT molecular complexity index is 1220. The number of carbonyl (C=O) groups excluding carboxylic acids is 1. The van der Waals surface area contributed by atoms with Crippen LogP contribution in [0.3, 0.4) is 0 Å². The summed E-state index contributed by atoms with van der Waals surface area (Å²) in [5.74, 6) is -0.300. The van der Waals surface area contributed by atoms with E-state index in [1.807, 2.05) is 20.8 Å². The molecule has 0 fully saturated rings. The van der Waals surface area contributed by atoms with Crippen molar-refractivity contribution in [1.82, 2.24) is 15.1 Å². The zero-order valence-electron chi connectivity index (χ0n) is 16.2. The molecule has 0 amide bonds. The van der Waals surface area contributed by atoms with Gasteiger partial charge in [0.1, 0.15) is 18.1 Å². The predicted octanol–water partition coefficient (Wildman–Crippen LogP) is 4.71. The van der Waals surface area contributed by atoms with Gasteiger partial charge in [0, 0.05) is 11.1 Å². The average molecular weight is 391 g/mol. The lowest BCUT2D eigenvalue weighted by Gasteiger charge is -2.06. The maximum absolute atomic E-state index is 13.1. The first-order valence-electron chi connectivity index (χ1n) is 9.05. The molecule has 7 heteroatoms. The molecule has 0 aliphatic heterocycles. The molecule has 0 radical (unpaired) electrons. The van der Waals surface area contributed by atoms with Crippen molar-refractivity contribution in [3.05, 3.63) is 76.5 Å². The highest BCUT2D eigenvalue weighted by Gasteiger charge is 2.17. The first-order chi connectivity index (χ1) is 13.9. The Labute approximate surface area is 166 Å². The molecule has 0 unspecified atom stereocenters. The molecule has 0 spiro atoms. The molecule has 0 saturated heterocycles. The predicted molar refractivity (Wildman–Crippen MR) is 105 cm³/mol. The summed E-state index contributed by atoms with van der Waals surface area (Å²) in [6.45, 7) is 5.55. The fourth-order valence-electron chi connectivity index (χ4n) is 2.95. The third kappa shape index (κ3) is 3.71. The molecule has 146 valence electrons. The summed E-state index contributed by atoms with van der Waals surface area (Å²) in [6, 6.07) is 11.0. The van der Waals surface area contributed by atoms with Crippen molar-refractivity contribution in [2.75, 3.05) is 0 Å². The molecule has 2 aromatic carbocycles. The first kappa shape index (κ1) is 18.7. The van der Waals surface area contributed by atoms with Crippen LogP contribution in [0.5, 0.6) is 0 Å². The van der Waals surface area contributed by atoms with E-state index in [9.17, 15) is 9.18 Å². The summed E-state index contributed by atoms with van der Waals surface area (Å²) in [4.78, 5) is 21.4. The van der Waals surface area contributed by atoms with Crippen molar-refractivity contribution in [3.8, 4) is 11.3 Å². The summed E-state index contributed by atoms with van der Waals surface area (Å²) < 4.78 is 23.9. The largest absolute Gasteiger partial charge is 0.455 e. The number of carbonyl (C=O) groups is 1. The van der Waals surface area contributed by atoms with Gasteiger partial charge in [-0.25, -0.2) is 19.2 Å². The number of rotatable bonds is 4. The Morgan fingerprint density at radius 2 is 1.69 bits per heavy atom. The lowest BCUT2D eigenvalue weighted by atomic mass is 10.1. The van der Waals surface area contributed by atoms with Crippen molar-refractivity contribution in [3.63, 3.8) is 0 Å². The molecule has 6 nitrogen and oxygen atoms in total. The molecule has 0 bridgehead atoms. The Balaban J connectivity index is 1.50. The smallest absolute Gasteiger partial charge is 0.338 e. The number of benzene rings is 2. The Hall–Kier alpha value is -3.61. The minimum absolute atomic E-state index is 0.0357. The second-order valence-electron chi connectivity index (χ2n) is 6.76. The van der Waals surface area contributed by atoms with E-state index in [-0.39, 0.29) is 12.4 Å². The number of aryl methyl sites for hydroxylation is 2. The van der Waals surface area contributed by atoms with E-state index in [0.29, 0.717) is 28.1 Å². The Kier molecular flexibility index (Phi) is 4.80. The van der Waals surface area contributed by atoms with E-state index in [1.165, 1.54) is 12.1 Å². The number of fused-ring (bicyclic) bond motifs is 1. The maximum Gasteiger partial charge on any atom is 0.338 e. The van der Waals surface area contributed by atoms with Gasteiger partial charge >= 0.3 is 5.97 Å². The summed E-state index contributed by atoms with van der Waals surface area (Å²) in [7, 11) is 0. The minimum Gasteiger partial charge on any atom is -0.455 e. The highest BCUT2D eigenvalue weighted by molar-refractivity contribution is 5.93. The van der Waals surface area contributed by atoms with Gasteiger partial charge in [0.2, 0.25) is 0 Å². The lowest BCUT2D eigenvalue weighted by Crippen LogP contribution is -2.06. The SMILES string of the molecule is Cc1nc2ccc(C(=O)OCc3noc(-c4ccc(F)cc4)c3C)cc2nc1C. The number of esters is 1. The van der Waals surface area contributed by atoms with Crippen LogP contribution in [0.4, 0.5) is 4.39 Å². The fourth-order valence-corrected chi connectivity index (χ4v) is 2.95. The van der Waals surface area contributed by atoms with Gasteiger partial charge in [-0.05, 0) is 63.2 Å². The van der Waals surface area contributed by atoms with E-state index in [2.05, 4.69) is 15.1 Å². The van der Waals surface area contributed by atoms with Crippen LogP contribution in [0.25, 0.3) is 22.4 Å². The Morgan fingerprint density at radius 3 is 2.41 bits per heavy atom. The van der Waals surface area contributed by atoms with Gasteiger partial charge < -0.3 is 9.26 Å². The van der Waals surface area contributed by atoms with E-state index in [1.54, 1.807) is 30.3 Å². The Morgan fingerprint density at radius 1 is 1.00 bits per heavy atom. The number of aromatic nitrogens is 3. The molecule has 2 heterocycles.